The topological polar surface area (TPSA) is 70.0 Å². The molecule has 0 saturated carbocycles. The number of azide groups is 1. The van der Waals surface area contributed by atoms with Crippen molar-refractivity contribution in [3.8, 4) is 16.9 Å². The standard InChI is InChI=1S/C16H14ClFN4O/c1-9-4-10(17)2-3-13(9)14-5-11(18)6-15-16(14)21-12(8-23-15)7-20-22-19/h2-6,12,21H,7-8H2,1H3. The first-order valence-corrected chi connectivity index (χ1v) is 7.46. The van der Waals surface area contributed by atoms with Crippen molar-refractivity contribution in [3.63, 3.8) is 0 Å². The van der Waals surface area contributed by atoms with E-state index in [0.29, 0.717) is 28.6 Å². The molecule has 1 heterocycles. The molecule has 1 aliphatic rings. The predicted molar refractivity (Wildman–Crippen MR) is 88.5 cm³/mol. The van der Waals surface area contributed by atoms with Gasteiger partial charge in [-0.25, -0.2) is 4.39 Å². The van der Waals surface area contributed by atoms with Gasteiger partial charge in [0.1, 0.15) is 18.2 Å². The highest BCUT2D eigenvalue weighted by Crippen LogP contribution is 2.41. The molecule has 118 valence electrons. The van der Waals surface area contributed by atoms with Crippen LogP contribution in [-0.2, 0) is 0 Å². The first kappa shape index (κ1) is 15.5. The summed E-state index contributed by atoms with van der Waals surface area (Å²) in [4.78, 5) is 2.76. The Balaban J connectivity index is 2.07. The first-order chi connectivity index (χ1) is 11.1. The number of hydrogen-bond acceptors (Lipinski definition) is 3. The Hall–Kier alpha value is -2.43. The molecule has 1 unspecified atom stereocenters. The summed E-state index contributed by atoms with van der Waals surface area (Å²) in [6.07, 6.45) is 0. The number of nitrogens with one attached hydrogen (secondary N) is 1. The summed E-state index contributed by atoms with van der Waals surface area (Å²) < 4.78 is 19.6. The van der Waals surface area contributed by atoms with Crippen LogP contribution < -0.4 is 10.1 Å². The minimum Gasteiger partial charge on any atom is -0.489 e. The Morgan fingerprint density at radius 1 is 1.39 bits per heavy atom. The van der Waals surface area contributed by atoms with E-state index in [1.54, 1.807) is 6.07 Å². The Kier molecular flexibility index (Phi) is 4.28. The zero-order valence-corrected chi connectivity index (χ0v) is 13.1. The van der Waals surface area contributed by atoms with Gasteiger partial charge in [-0.2, -0.15) is 0 Å². The van der Waals surface area contributed by atoms with Crippen LogP contribution in [0.1, 0.15) is 5.56 Å². The van der Waals surface area contributed by atoms with Crippen LogP contribution in [0.25, 0.3) is 21.6 Å². The minimum atomic E-state index is -0.372. The van der Waals surface area contributed by atoms with E-state index in [1.807, 2.05) is 19.1 Å². The number of hydrogen-bond donors (Lipinski definition) is 1. The van der Waals surface area contributed by atoms with E-state index in [4.69, 9.17) is 21.9 Å². The normalized spacial score (nSPS) is 15.9. The maximum absolute atomic E-state index is 14.0. The van der Waals surface area contributed by atoms with Gasteiger partial charge in [0, 0.05) is 28.1 Å². The number of ether oxygens (including phenoxy) is 1. The van der Waals surface area contributed by atoms with E-state index in [-0.39, 0.29) is 18.4 Å². The molecule has 0 radical (unpaired) electrons. The van der Waals surface area contributed by atoms with Crippen molar-refractivity contribution in [2.24, 2.45) is 5.11 Å². The van der Waals surface area contributed by atoms with Crippen LogP contribution in [-0.4, -0.2) is 19.2 Å². The van der Waals surface area contributed by atoms with Crippen molar-refractivity contribution >= 4 is 17.3 Å². The van der Waals surface area contributed by atoms with Gasteiger partial charge in [-0.05, 0) is 41.8 Å². The van der Waals surface area contributed by atoms with Gasteiger partial charge in [0.2, 0.25) is 0 Å². The third kappa shape index (κ3) is 3.18. The number of halogens is 2. The van der Waals surface area contributed by atoms with Crippen LogP contribution in [0.2, 0.25) is 5.02 Å². The van der Waals surface area contributed by atoms with E-state index in [1.165, 1.54) is 12.1 Å². The molecule has 2 aromatic carbocycles. The Morgan fingerprint density at radius 3 is 2.96 bits per heavy atom. The zero-order valence-electron chi connectivity index (χ0n) is 12.4. The first-order valence-electron chi connectivity index (χ1n) is 7.08. The lowest BCUT2D eigenvalue weighted by atomic mass is 9.97. The third-order valence-electron chi connectivity index (χ3n) is 3.70. The molecule has 23 heavy (non-hydrogen) atoms. The average molecular weight is 333 g/mol. The van der Waals surface area contributed by atoms with Crippen molar-refractivity contribution in [3.05, 3.63) is 57.2 Å². The lowest BCUT2D eigenvalue weighted by Gasteiger charge is -2.29. The quantitative estimate of drug-likeness (QED) is 0.491. The Labute approximate surface area is 137 Å². The molecular formula is C16H14ClFN4O. The van der Waals surface area contributed by atoms with Crippen LogP contribution in [0.15, 0.2) is 35.4 Å². The van der Waals surface area contributed by atoms with Gasteiger partial charge in [0.25, 0.3) is 0 Å². The summed E-state index contributed by atoms with van der Waals surface area (Å²) in [5.74, 6) is 0.0786. The number of benzene rings is 2. The van der Waals surface area contributed by atoms with Crippen molar-refractivity contribution in [1.29, 1.82) is 0 Å². The fourth-order valence-electron chi connectivity index (χ4n) is 2.66. The van der Waals surface area contributed by atoms with E-state index in [9.17, 15) is 4.39 Å². The maximum Gasteiger partial charge on any atom is 0.146 e. The molecule has 0 saturated heterocycles. The predicted octanol–water partition coefficient (Wildman–Crippen LogP) is 4.94. The third-order valence-corrected chi connectivity index (χ3v) is 3.93. The maximum atomic E-state index is 14.0. The summed E-state index contributed by atoms with van der Waals surface area (Å²) in [6, 6.07) is 8.10. The fraction of sp³-hybridized carbons (Fsp3) is 0.250. The molecule has 1 N–H and O–H groups in total. The lowest BCUT2D eigenvalue weighted by Crippen LogP contribution is -2.34. The molecular weight excluding hydrogens is 319 g/mol. The summed E-state index contributed by atoms with van der Waals surface area (Å²) >= 11 is 6.00. The van der Waals surface area contributed by atoms with Crippen molar-refractivity contribution in [1.82, 2.24) is 0 Å². The fourth-order valence-corrected chi connectivity index (χ4v) is 2.88. The van der Waals surface area contributed by atoms with Crippen LogP contribution in [0.4, 0.5) is 10.1 Å². The van der Waals surface area contributed by atoms with E-state index < -0.39 is 0 Å². The molecule has 7 heteroatoms. The number of fused-ring (bicyclic) bond motifs is 1. The Bertz CT molecular complexity index is 805. The summed E-state index contributed by atoms with van der Waals surface area (Å²) in [6.45, 7) is 2.49. The summed E-state index contributed by atoms with van der Waals surface area (Å²) in [5.41, 5.74) is 11.6. The number of anilines is 1. The molecule has 0 bridgehead atoms. The molecule has 0 aliphatic carbocycles. The molecule has 1 atom stereocenters. The SMILES string of the molecule is Cc1cc(Cl)ccc1-c1cc(F)cc2c1NC(CN=[N+]=[N-])CO2. The molecule has 0 amide bonds. The van der Waals surface area contributed by atoms with E-state index in [2.05, 4.69) is 15.3 Å². The highest BCUT2D eigenvalue weighted by molar-refractivity contribution is 6.30. The van der Waals surface area contributed by atoms with Crippen LogP contribution in [0.3, 0.4) is 0 Å². The van der Waals surface area contributed by atoms with Gasteiger partial charge in [0.15, 0.2) is 0 Å². The molecule has 0 aromatic heterocycles. The Morgan fingerprint density at radius 2 is 2.22 bits per heavy atom. The summed E-state index contributed by atoms with van der Waals surface area (Å²) in [5, 5.41) is 7.47. The molecule has 0 spiro atoms. The number of aryl methyl sites for hydroxylation is 1. The van der Waals surface area contributed by atoms with Gasteiger partial charge in [-0.3, -0.25) is 0 Å². The molecule has 1 aliphatic heterocycles. The van der Waals surface area contributed by atoms with Gasteiger partial charge >= 0.3 is 0 Å². The monoisotopic (exact) mass is 332 g/mol. The zero-order chi connectivity index (χ0) is 16.4. The molecule has 0 fully saturated rings. The number of rotatable bonds is 3. The smallest absolute Gasteiger partial charge is 0.146 e. The highest BCUT2D eigenvalue weighted by Gasteiger charge is 2.23. The van der Waals surface area contributed by atoms with Gasteiger partial charge in [0.05, 0.1) is 11.7 Å². The van der Waals surface area contributed by atoms with Crippen molar-refractivity contribution < 1.29 is 9.13 Å². The van der Waals surface area contributed by atoms with Crippen LogP contribution in [0, 0.1) is 12.7 Å². The minimum absolute atomic E-state index is 0.157. The average Bonchev–Trinajstić information content (AvgIpc) is 2.52. The second-order valence-electron chi connectivity index (χ2n) is 5.35. The van der Waals surface area contributed by atoms with Crippen LogP contribution >= 0.6 is 11.6 Å². The van der Waals surface area contributed by atoms with Gasteiger partial charge in [-0.1, -0.05) is 22.8 Å². The highest BCUT2D eigenvalue weighted by atomic mass is 35.5. The second kappa shape index (κ2) is 6.36. The molecule has 3 rings (SSSR count). The summed E-state index contributed by atoms with van der Waals surface area (Å²) in [7, 11) is 0. The largest absolute Gasteiger partial charge is 0.489 e. The van der Waals surface area contributed by atoms with Crippen molar-refractivity contribution in [2.75, 3.05) is 18.5 Å². The van der Waals surface area contributed by atoms with Crippen LogP contribution in [0.5, 0.6) is 5.75 Å². The number of nitrogens with zero attached hydrogens (tertiary/aromatic N) is 3. The van der Waals surface area contributed by atoms with E-state index in [0.717, 1.165) is 11.1 Å². The van der Waals surface area contributed by atoms with E-state index >= 15 is 0 Å². The second-order valence-corrected chi connectivity index (χ2v) is 5.79. The molecule has 2 aromatic rings. The van der Waals surface area contributed by atoms with Gasteiger partial charge < -0.3 is 10.1 Å². The molecule has 5 nitrogen and oxygen atoms in total. The lowest BCUT2D eigenvalue weighted by molar-refractivity contribution is 0.285. The van der Waals surface area contributed by atoms with Crippen molar-refractivity contribution in [2.45, 2.75) is 13.0 Å². The van der Waals surface area contributed by atoms with Gasteiger partial charge in [-0.15, -0.1) is 0 Å².